The Morgan fingerprint density at radius 2 is 2.08 bits per heavy atom. The molecule has 4 nitrogen and oxygen atoms in total. The van der Waals surface area contributed by atoms with Crippen molar-refractivity contribution in [2.45, 2.75) is 6.92 Å². The van der Waals surface area contributed by atoms with Crippen LogP contribution in [0.2, 0.25) is 0 Å². The van der Waals surface area contributed by atoms with Gasteiger partial charge in [0.05, 0.1) is 16.9 Å². The summed E-state index contributed by atoms with van der Waals surface area (Å²) in [7, 11) is 0. The molecule has 0 radical (unpaired) electrons. The number of hydrogen-bond donors (Lipinski definition) is 2. The number of nitrogens with two attached hydrogens (primary N) is 2. The van der Waals surface area contributed by atoms with E-state index in [1.807, 2.05) is 0 Å². The summed E-state index contributed by atoms with van der Waals surface area (Å²) in [4.78, 5) is 11.0. The van der Waals surface area contributed by atoms with Gasteiger partial charge in [0.1, 0.15) is 11.9 Å². The van der Waals surface area contributed by atoms with E-state index >= 15 is 0 Å². The number of carbonyl (C=O) groups excluding carboxylic acids is 1. The summed E-state index contributed by atoms with van der Waals surface area (Å²) in [6.07, 6.45) is 0. The Morgan fingerprint density at radius 3 is 2.62 bits per heavy atom. The number of nitrogen functional groups attached to an aromatic ring is 2. The summed E-state index contributed by atoms with van der Waals surface area (Å²) in [6, 6.07) is 3.05. The molecule has 0 atom stereocenters. The minimum atomic E-state index is -0.633. The van der Waals surface area contributed by atoms with E-state index in [1.165, 1.54) is 12.1 Å². The molecule has 13 heavy (non-hydrogen) atoms. The van der Waals surface area contributed by atoms with Gasteiger partial charge in [-0.05, 0) is 24.6 Å². The lowest BCUT2D eigenvalue weighted by molar-refractivity contribution is 0.0750. The topological polar surface area (TPSA) is 78.3 Å². The van der Waals surface area contributed by atoms with Gasteiger partial charge in [0.15, 0.2) is 0 Å². The van der Waals surface area contributed by atoms with Crippen LogP contribution in [0.5, 0.6) is 0 Å². The van der Waals surface area contributed by atoms with Crippen LogP contribution in [0, 0.1) is 6.92 Å². The number of carbonyl (C=O) groups is 1. The molecular formula is C8H9ClN2O2. The average molecular weight is 201 g/mol. The SMILES string of the molecule is Cc1c(C(=O)OCl)ccc(N)c1N. The van der Waals surface area contributed by atoms with Crippen molar-refractivity contribution < 1.29 is 9.08 Å². The molecule has 0 saturated heterocycles. The number of halogens is 1. The van der Waals surface area contributed by atoms with Crippen molar-refractivity contribution in [1.29, 1.82) is 0 Å². The molecule has 1 rings (SSSR count). The van der Waals surface area contributed by atoms with Gasteiger partial charge in [-0.2, -0.15) is 0 Å². The first-order chi connectivity index (χ1) is 6.07. The second-order valence-corrected chi connectivity index (χ2v) is 2.76. The zero-order valence-electron chi connectivity index (χ0n) is 7.00. The molecule has 0 saturated carbocycles. The van der Waals surface area contributed by atoms with Crippen LogP contribution in [0.15, 0.2) is 12.1 Å². The predicted molar refractivity (Wildman–Crippen MR) is 51.3 cm³/mol. The molecule has 0 aliphatic carbocycles. The number of rotatable bonds is 1. The van der Waals surface area contributed by atoms with Gasteiger partial charge in [0.2, 0.25) is 0 Å². The third kappa shape index (κ3) is 1.67. The Morgan fingerprint density at radius 1 is 1.46 bits per heavy atom. The molecule has 0 aliphatic rings. The third-order valence-corrected chi connectivity index (χ3v) is 1.98. The largest absolute Gasteiger partial charge is 0.397 e. The van der Waals surface area contributed by atoms with Crippen LogP contribution < -0.4 is 11.5 Å². The Bertz CT molecular complexity index is 352. The fourth-order valence-electron chi connectivity index (χ4n) is 1.01. The number of benzene rings is 1. The van der Waals surface area contributed by atoms with Crippen LogP contribution >= 0.6 is 11.9 Å². The fraction of sp³-hybridized carbons (Fsp3) is 0.125. The van der Waals surface area contributed by atoms with Crippen LogP contribution in [0.1, 0.15) is 15.9 Å². The minimum absolute atomic E-state index is 0.321. The van der Waals surface area contributed by atoms with Crippen LogP contribution in [-0.4, -0.2) is 5.97 Å². The van der Waals surface area contributed by atoms with Crippen molar-refractivity contribution in [3.8, 4) is 0 Å². The van der Waals surface area contributed by atoms with E-state index in [9.17, 15) is 4.79 Å². The number of anilines is 2. The van der Waals surface area contributed by atoms with Gasteiger partial charge in [-0.25, -0.2) is 4.79 Å². The van der Waals surface area contributed by atoms with Crippen molar-refractivity contribution in [3.05, 3.63) is 23.3 Å². The van der Waals surface area contributed by atoms with E-state index in [2.05, 4.69) is 4.29 Å². The van der Waals surface area contributed by atoms with Crippen LogP contribution in [0.25, 0.3) is 0 Å². The fourth-order valence-corrected chi connectivity index (χ4v) is 1.10. The van der Waals surface area contributed by atoms with Gasteiger partial charge in [0, 0.05) is 0 Å². The zero-order valence-corrected chi connectivity index (χ0v) is 7.76. The maximum Gasteiger partial charge on any atom is 0.356 e. The Balaban J connectivity index is 3.26. The first-order valence-electron chi connectivity index (χ1n) is 3.55. The molecule has 4 N–H and O–H groups in total. The molecule has 5 heteroatoms. The lowest BCUT2D eigenvalue weighted by atomic mass is 10.1. The van der Waals surface area contributed by atoms with E-state index in [0.29, 0.717) is 22.5 Å². The van der Waals surface area contributed by atoms with Crippen molar-refractivity contribution in [1.82, 2.24) is 0 Å². The monoisotopic (exact) mass is 200 g/mol. The Kier molecular flexibility index (Phi) is 2.63. The summed E-state index contributed by atoms with van der Waals surface area (Å²) in [5.41, 5.74) is 12.8. The van der Waals surface area contributed by atoms with Crippen molar-refractivity contribution in [2.24, 2.45) is 0 Å². The maximum atomic E-state index is 11.0. The van der Waals surface area contributed by atoms with E-state index in [-0.39, 0.29) is 0 Å². The van der Waals surface area contributed by atoms with E-state index in [1.54, 1.807) is 6.92 Å². The molecule has 0 bridgehead atoms. The summed E-state index contributed by atoms with van der Waals surface area (Å²) in [6.45, 7) is 1.68. The molecule has 1 aromatic carbocycles. The smallest absolute Gasteiger partial charge is 0.356 e. The molecular weight excluding hydrogens is 192 g/mol. The maximum absolute atomic E-state index is 11.0. The highest BCUT2D eigenvalue weighted by Crippen LogP contribution is 2.23. The molecule has 70 valence electrons. The van der Waals surface area contributed by atoms with Gasteiger partial charge in [-0.15, -0.1) is 0 Å². The lowest BCUT2D eigenvalue weighted by Gasteiger charge is -2.07. The van der Waals surface area contributed by atoms with E-state index in [4.69, 9.17) is 23.3 Å². The summed E-state index contributed by atoms with van der Waals surface area (Å²) < 4.78 is 4.05. The first kappa shape index (κ1) is 9.67. The van der Waals surface area contributed by atoms with Crippen LogP contribution in [0.4, 0.5) is 11.4 Å². The van der Waals surface area contributed by atoms with Crippen LogP contribution in [-0.2, 0) is 4.29 Å². The van der Waals surface area contributed by atoms with Gasteiger partial charge >= 0.3 is 5.97 Å². The van der Waals surface area contributed by atoms with Gasteiger partial charge in [-0.3, -0.25) is 0 Å². The molecule has 0 fully saturated rings. The highest BCUT2D eigenvalue weighted by atomic mass is 35.5. The normalized spacial score (nSPS) is 9.69. The summed E-state index contributed by atoms with van der Waals surface area (Å²) in [5.74, 6) is -0.633. The zero-order chi connectivity index (χ0) is 10.0. The first-order valence-corrected chi connectivity index (χ1v) is 3.86. The molecule has 0 aliphatic heterocycles. The van der Waals surface area contributed by atoms with Crippen LogP contribution in [0.3, 0.4) is 0 Å². The molecule has 0 amide bonds. The quantitative estimate of drug-likeness (QED) is 0.673. The van der Waals surface area contributed by atoms with Crippen molar-refractivity contribution in [2.75, 3.05) is 11.5 Å². The average Bonchev–Trinajstić information content (AvgIpc) is 2.13. The van der Waals surface area contributed by atoms with Gasteiger partial charge < -0.3 is 15.8 Å². The summed E-state index contributed by atoms with van der Waals surface area (Å²) >= 11 is 4.93. The van der Waals surface area contributed by atoms with E-state index in [0.717, 1.165) is 0 Å². The van der Waals surface area contributed by atoms with Gasteiger partial charge in [0.25, 0.3) is 0 Å². The van der Waals surface area contributed by atoms with E-state index < -0.39 is 5.97 Å². The molecule has 1 aromatic rings. The third-order valence-electron chi connectivity index (χ3n) is 1.84. The number of hydrogen-bond acceptors (Lipinski definition) is 4. The predicted octanol–water partition coefficient (Wildman–Crippen LogP) is 1.47. The highest BCUT2D eigenvalue weighted by molar-refractivity contribution is 6.16. The van der Waals surface area contributed by atoms with Gasteiger partial charge in [-0.1, -0.05) is 0 Å². The highest BCUT2D eigenvalue weighted by Gasteiger charge is 2.12. The standard InChI is InChI=1S/C8H9ClN2O2/c1-4-5(8(12)13-9)2-3-6(10)7(4)11/h2-3H,10-11H2,1H3. The molecule has 0 aromatic heterocycles. The molecule has 0 heterocycles. The second kappa shape index (κ2) is 3.53. The summed E-state index contributed by atoms with van der Waals surface area (Å²) in [5, 5.41) is 0. The second-order valence-electron chi connectivity index (χ2n) is 2.61. The Labute approximate surface area is 80.6 Å². The van der Waals surface area contributed by atoms with Crippen molar-refractivity contribution in [3.63, 3.8) is 0 Å². The Hall–Kier alpha value is -1.42. The minimum Gasteiger partial charge on any atom is -0.397 e. The molecule has 0 spiro atoms. The lowest BCUT2D eigenvalue weighted by Crippen LogP contribution is -2.06. The van der Waals surface area contributed by atoms with Crippen molar-refractivity contribution >= 4 is 29.2 Å². The molecule has 0 unspecified atom stereocenters.